The zero-order valence-corrected chi connectivity index (χ0v) is 14.3. The number of hydrogen-bond acceptors (Lipinski definition) is 4. The van der Waals surface area contributed by atoms with Crippen LogP contribution in [0, 0.1) is 0 Å². The standard InChI is InChI=1S/C16H21NO4S/c1-15(2,3)22(19)17-10-9-11-7-6-8-12-13(11)20-16(4,5)21-14(12)18/h6-8,10H,9H2,1-5H3/t22-/m1/s1. The summed E-state index contributed by atoms with van der Waals surface area (Å²) in [6.07, 6.45) is 2.04. The molecule has 1 atom stereocenters. The first-order chi connectivity index (χ1) is 10.1. The number of cyclic esters (lactones) is 1. The summed E-state index contributed by atoms with van der Waals surface area (Å²) in [5, 5.41) is 0. The van der Waals surface area contributed by atoms with Crippen LogP contribution in [0.4, 0.5) is 0 Å². The van der Waals surface area contributed by atoms with E-state index >= 15 is 0 Å². The van der Waals surface area contributed by atoms with Gasteiger partial charge in [0.25, 0.3) is 0 Å². The third-order valence-electron chi connectivity index (χ3n) is 3.01. The van der Waals surface area contributed by atoms with Crippen LogP contribution in [0.2, 0.25) is 0 Å². The van der Waals surface area contributed by atoms with Gasteiger partial charge in [-0.3, -0.25) is 0 Å². The third-order valence-corrected chi connectivity index (χ3v) is 4.40. The number of esters is 1. The SMILES string of the molecule is CC1(C)OC(=O)c2cccc(CC=N[S@](=O)C(C)(C)C)c2O1. The molecule has 0 aliphatic carbocycles. The molecular weight excluding hydrogens is 302 g/mol. The number of hydrogen-bond donors (Lipinski definition) is 0. The van der Waals surface area contributed by atoms with Gasteiger partial charge in [0.1, 0.15) is 22.3 Å². The highest BCUT2D eigenvalue weighted by Gasteiger charge is 2.34. The molecule has 0 N–H and O–H groups in total. The van der Waals surface area contributed by atoms with Crippen LogP contribution >= 0.6 is 0 Å². The Balaban J connectivity index is 2.24. The average Bonchev–Trinajstić information content (AvgIpc) is 2.37. The van der Waals surface area contributed by atoms with Crippen molar-refractivity contribution in [1.82, 2.24) is 0 Å². The fraction of sp³-hybridized carbons (Fsp3) is 0.500. The van der Waals surface area contributed by atoms with E-state index in [1.54, 1.807) is 32.2 Å². The summed E-state index contributed by atoms with van der Waals surface area (Å²) in [6, 6.07) is 5.30. The third kappa shape index (κ3) is 3.74. The number of benzene rings is 1. The molecular formula is C16H21NO4S. The van der Waals surface area contributed by atoms with E-state index in [4.69, 9.17) is 9.47 Å². The molecule has 0 amide bonds. The minimum Gasteiger partial charge on any atom is -0.452 e. The van der Waals surface area contributed by atoms with Gasteiger partial charge in [-0.25, -0.2) is 9.00 Å². The summed E-state index contributed by atoms with van der Waals surface area (Å²) in [6.45, 7) is 8.98. The molecule has 0 saturated heterocycles. The molecule has 0 saturated carbocycles. The molecule has 2 rings (SSSR count). The van der Waals surface area contributed by atoms with Crippen molar-refractivity contribution in [2.45, 2.75) is 51.6 Å². The van der Waals surface area contributed by atoms with Crippen molar-refractivity contribution >= 4 is 23.2 Å². The Morgan fingerprint density at radius 1 is 1.27 bits per heavy atom. The van der Waals surface area contributed by atoms with E-state index in [1.807, 2.05) is 26.8 Å². The number of fused-ring (bicyclic) bond motifs is 1. The number of nitrogens with zero attached hydrogens (tertiary/aromatic N) is 1. The van der Waals surface area contributed by atoms with Crippen LogP contribution < -0.4 is 4.74 Å². The maximum absolute atomic E-state index is 12.0. The summed E-state index contributed by atoms with van der Waals surface area (Å²) >= 11 is 0. The quantitative estimate of drug-likeness (QED) is 0.633. The second kappa shape index (κ2) is 5.83. The molecule has 1 aliphatic rings. The Morgan fingerprint density at radius 2 is 1.95 bits per heavy atom. The second-order valence-electron chi connectivity index (χ2n) is 6.54. The van der Waals surface area contributed by atoms with Crippen molar-refractivity contribution in [3.63, 3.8) is 0 Å². The van der Waals surface area contributed by atoms with Crippen LogP contribution in [0.3, 0.4) is 0 Å². The van der Waals surface area contributed by atoms with E-state index < -0.39 is 27.5 Å². The van der Waals surface area contributed by atoms with Gasteiger partial charge >= 0.3 is 5.97 Å². The normalized spacial score (nSPS) is 18.5. The lowest BCUT2D eigenvalue weighted by Crippen LogP contribution is -2.39. The Morgan fingerprint density at radius 3 is 2.59 bits per heavy atom. The van der Waals surface area contributed by atoms with E-state index in [-0.39, 0.29) is 0 Å². The largest absolute Gasteiger partial charge is 0.452 e. The van der Waals surface area contributed by atoms with Crippen LogP contribution in [0.25, 0.3) is 0 Å². The summed E-state index contributed by atoms with van der Waals surface area (Å²) < 4.78 is 26.5. The lowest BCUT2D eigenvalue weighted by Gasteiger charge is -2.32. The highest BCUT2D eigenvalue weighted by molar-refractivity contribution is 7.85. The molecule has 120 valence electrons. The molecule has 1 heterocycles. The summed E-state index contributed by atoms with van der Waals surface area (Å²) in [7, 11) is -1.30. The lowest BCUT2D eigenvalue weighted by atomic mass is 10.0. The summed E-state index contributed by atoms with van der Waals surface area (Å²) in [4.78, 5) is 12.0. The fourth-order valence-electron chi connectivity index (χ4n) is 1.93. The Kier molecular flexibility index (Phi) is 4.42. The van der Waals surface area contributed by atoms with Gasteiger partial charge in [0, 0.05) is 32.0 Å². The number of para-hydroxylation sites is 1. The van der Waals surface area contributed by atoms with Crippen LogP contribution in [-0.4, -0.2) is 26.9 Å². The monoisotopic (exact) mass is 323 g/mol. The van der Waals surface area contributed by atoms with Crippen molar-refractivity contribution in [2.75, 3.05) is 0 Å². The van der Waals surface area contributed by atoms with Crippen LogP contribution in [-0.2, 0) is 22.1 Å². The number of carbonyl (C=O) groups excluding carboxylic acids is 1. The fourth-order valence-corrected chi connectivity index (χ4v) is 2.46. The number of carbonyl (C=O) groups is 1. The first-order valence-corrected chi connectivity index (χ1v) is 8.19. The van der Waals surface area contributed by atoms with E-state index in [1.165, 1.54) is 0 Å². The van der Waals surface area contributed by atoms with E-state index in [2.05, 4.69) is 4.40 Å². The average molecular weight is 323 g/mol. The van der Waals surface area contributed by atoms with Gasteiger partial charge in [0.15, 0.2) is 0 Å². The van der Waals surface area contributed by atoms with Crippen LogP contribution in [0.5, 0.6) is 5.75 Å². The van der Waals surface area contributed by atoms with Gasteiger partial charge in [-0.15, -0.1) is 0 Å². The molecule has 0 aromatic heterocycles. The molecule has 0 spiro atoms. The minimum atomic E-state index is -1.30. The molecule has 22 heavy (non-hydrogen) atoms. The van der Waals surface area contributed by atoms with Crippen molar-refractivity contribution < 1.29 is 18.5 Å². The van der Waals surface area contributed by atoms with Crippen LogP contribution in [0.1, 0.15) is 50.5 Å². The highest BCUT2D eigenvalue weighted by Crippen LogP contribution is 2.34. The van der Waals surface area contributed by atoms with Gasteiger partial charge in [-0.2, -0.15) is 4.40 Å². The molecule has 0 fully saturated rings. The van der Waals surface area contributed by atoms with Crippen molar-refractivity contribution in [2.24, 2.45) is 4.40 Å². The molecule has 6 heteroatoms. The number of ether oxygens (including phenoxy) is 2. The van der Waals surface area contributed by atoms with Crippen molar-refractivity contribution in [1.29, 1.82) is 0 Å². The topological polar surface area (TPSA) is 65.0 Å². The molecule has 1 aliphatic heterocycles. The maximum Gasteiger partial charge on any atom is 0.345 e. The van der Waals surface area contributed by atoms with Gasteiger partial charge in [0.05, 0.1) is 4.75 Å². The van der Waals surface area contributed by atoms with Gasteiger partial charge in [-0.1, -0.05) is 12.1 Å². The zero-order chi connectivity index (χ0) is 16.5. The maximum atomic E-state index is 12.0. The predicted molar refractivity (Wildman–Crippen MR) is 86.7 cm³/mol. The highest BCUT2D eigenvalue weighted by atomic mass is 32.2. The van der Waals surface area contributed by atoms with Gasteiger partial charge < -0.3 is 9.47 Å². The molecule has 0 radical (unpaired) electrons. The van der Waals surface area contributed by atoms with E-state index in [0.717, 1.165) is 5.56 Å². The lowest BCUT2D eigenvalue weighted by molar-refractivity contribution is -0.127. The molecule has 1 aromatic carbocycles. The first-order valence-electron chi connectivity index (χ1n) is 7.09. The molecule has 0 bridgehead atoms. The molecule has 0 unspecified atom stereocenters. The first kappa shape index (κ1) is 16.7. The summed E-state index contributed by atoms with van der Waals surface area (Å²) in [5.74, 6) is -0.883. The predicted octanol–water partition coefficient (Wildman–Crippen LogP) is 3.05. The van der Waals surface area contributed by atoms with Gasteiger partial charge in [0.2, 0.25) is 5.79 Å². The van der Waals surface area contributed by atoms with E-state index in [9.17, 15) is 9.00 Å². The van der Waals surface area contributed by atoms with Gasteiger partial charge in [-0.05, 0) is 26.8 Å². The number of rotatable bonds is 3. The Labute approximate surface area is 133 Å². The zero-order valence-electron chi connectivity index (χ0n) is 13.5. The Hall–Kier alpha value is -1.69. The molecule has 5 nitrogen and oxygen atoms in total. The van der Waals surface area contributed by atoms with E-state index in [0.29, 0.717) is 17.7 Å². The summed E-state index contributed by atoms with van der Waals surface area (Å²) in [5.41, 5.74) is 1.22. The van der Waals surface area contributed by atoms with Crippen molar-refractivity contribution in [3.8, 4) is 5.75 Å². The Bertz CT molecular complexity index is 644. The molecule has 1 aromatic rings. The van der Waals surface area contributed by atoms with Crippen molar-refractivity contribution in [3.05, 3.63) is 29.3 Å². The smallest absolute Gasteiger partial charge is 0.345 e. The van der Waals surface area contributed by atoms with Crippen LogP contribution in [0.15, 0.2) is 22.6 Å². The second-order valence-corrected chi connectivity index (χ2v) is 8.47. The minimum absolute atomic E-state index is 0.394.